The number of carbonyl (C=O) groups is 1. The molecule has 0 bridgehead atoms. The average Bonchev–Trinajstić information content (AvgIpc) is 2.62. The molecule has 3 heterocycles. The van der Waals surface area contributed by atoms with Gasteiger partial charge in [0.05, 0.1) is 11.0 Å². The zero-order valence-electron chi connectivity index (χ0n) is 14.0. The molecule has 1 aromatic heterocycles. The van der Waals surface area contributed by atoms with E-state index in [1.807, 2.05) is 0 Å². The average molecular weight is 343 g/mol. The van der Waals surface area contributed by atoms with Crippen LogP contribution in [0.5, 0.6) is 0 Å². The van der Waals surface area contributed by atoms with Gasteiger partial charge in [-0.15, -0.1) is 0 Å². The van der Waals surface area contributed by atoms with E-state index >= 15 is 0 Å². The fourth-order valence-electron chi connectivity index (χ4n) is 3.72. The number of amides is 1. The van der Waals surface area contributed by atoms with Gasteiger partial charge >= 0.3 is 0 Å². The van der Waals surface area contributed by atoms with E-state index in [9.17, 15) is 9.59 Å². The summed E-state index contributed by atoms with van der Waals surface area (Å²) in [7, 11) is 0. The molecule has 6 nitrogen and oxygen atoms in total. The lowest BCUT2D eigenvalue weighted by molar-refractivity contribution is -0.139. The molecule has 1 N–H and O–H groups in total. The highest BCUT2D eigenvalue weighted by Crippen LogP contribution is 2.34. The SMILES string of the molecule is O=C(N[C@H]1CCOC2(CCOCC2)C1)c1cc(=O)c2ccccc2o1. The Balaban J connectivity index is 1.51. The molecule has 2 aliphatic rings. The Hall–Kier alpha value is -2.18. The van der Waals surface area contributed by atoms with Crippen LogP contribution in [0.3, 0.4) is 0 Å². The lowest BCUT2D eigenvalue weighted by Crippen LogP contribution is -2.51. The van der Waals surface area contributed by atoms with E-state index in [0.29, 0.717) is 30.8 Å². The first-order chi connectivity index (χ1) is 12.2. The summed E-state index contributed by atoms with van der Waals surface area (Å²) < 4.78 is 17.0. The van der Waals surface area contributed by atoms with Crippen molar-refractivity contribution in [2.75, 3.05) is 19.8 Å². The van der Waals surface area contributed by atoms with Gasteiger partial charge < -0.3 is 19.2 Å². The lowest BCUT2D eigenvalue weighted by atomic mass is 9.84. The summed E-state index contributed by atoms with van der Waals surface area (Å²) in [5, 5.41) is 3.48. The van der Waals surface area contributed by atoms with Gasteiger partial charge in [0, 0.05) is 31.9 Å². The first-order valence-electron chi connectivity index (χ1n) is 8.71. The summed E-state index contributed by atoms with van der Waals surface area (Å²) >= 11 is 0. The minimum absolute atomic E-state index is 0.0103. The number of benzene rings is 1. The third-order valence-electron chi connectivity index (χ3n) is 5.09. The number of fused-ring (bicyclic) bond motifs is 1. The molecule has 1 amide bonds. The second-order valence-corrected chi connectivity index (χ2v) is 6.78. The van der Waals surface area contributed by atoms with Crippen LogP contribution in [0.2, 0.25) is 0 Å². The minimum Gasteiger partial charge on any atom is -0.451 e. The Kier molecular flexibility index (Phi) is 4.31. The standard InChI is InChI=1S/C19H21NO5/c21-15-11-17(25-16-4-2-1-3-14(15)16)18(22)20-13-5-8-24-19(12-13)6-9-23-10-7-19/h1-4,11,13H,5-10,12H2,(H,20,22)/t13-/m0/s1. The quantitative estimate of drug-likeness (QED) is 0.905. The van der Waals surface area contributed by atoms with Gasteiger partial charge in [-0.2, -0.15) is 0 Å². The van der Waals surface area contributed by atoms with E-state index in [2.05, 4.69) is 5.32 Å². The van der Waals surface area contributed by atoms with Crippen molar-refractivity contribution in [1.82, 2.24) is 5.32 Å². The number of rotatable bonds is 2. The summed E-state index contributed by atoms with van der Waals surface area (Å²) in [6.07, 6.45) is 3.22. The Morgan fingerprint density at radius 1 is 1.16 bits per heavy atom. The molecule has 132 valence electrons. The number of carbonyl (C=O) groups excluding carboxylic acids is 1. The summed E-state index contributed by atoms with van der Waals surface area (Å²) in [6, 6.07) is 8.21. The maximum absolute atomic E-state index is 12.6. The highest BCUT2D eigenvalue weighted by atomic mass is 16.5. The van der Waals surface area contributed by atoms with Crippen LogP contribution in [0.25, 0.3) is 11.0 Å². The van der Waals surface area contributed by atoms with Crippen molar-refractivity contribution in [3.05, 3.63) is 46.3 Å². The molecular weight excluding hydrogens is 322 g/mol. The molecule has 1 aromatic carbocycles. The topological polar surface area (TPSA) is 77.8 Å². The van der Waals surface area contributed by atoms with Crippen LogP contribution in [0.15, 0.2) is 39.5 Å². The summed E-state index contributed by atoms with van der Waals surface area (Å²) in [5.41, 5.74) is 0.0199. The molecular formula is C19H21NO5. The molecule has 0 saturated carbocycles. The Morgan fingerprint density at radius 2 is 1.96 bits per heavy atom. The predicted molar refractivity (Wildman–Crippen MR) is 91.7 cm³/mol. The molecule has 0 radical (unpaired) electrons. The van der Waals surface area contributed by atoms with Crippen LogP contribution in [0.1, 0.15) is 36.2 Å². The lowest BCUT2D eigenvalue weighted by Gasteiger charge is -2.43. The van der Waals surface area contributed by atoms with E-state index in [1.54, 1.807) is 24.3 Å². The maximum Gasteiger partial charge on any atom is 0.287 e. The third-order valence-corrected chi connectivity index (χ3v) is 5.09. The van der Waals surface area contributed by atoms with Crippen molar-refractivity contribution in [2.45, 2.75) is 37.3 Å². The Bertz CT molecular complexity index is 832. The van der Waals surface area contributed by atoms with Crippen molar-refractivity contribution in [2.24, 2.45) is 0 Å². The third kappa shape index (κ3) is 3.32. The van der Waals surface area contributed by atoms with Crippen LogP contribution in [-0.2, 0) is 9.47 Å². The molecule has 6 heteroatoms. The van der Waals surface area contributed by atoms with Crippen LogP contribution in [0.4, 0.5) is 0 Å². The van der Waals surface area contributed by atoms with Crippen molar-refractivity contribution in [3.63, 3.8) is 0 Å². The van der Waals surface area contributed by atoms with Crippen molar-refractivity contribution < 1.29 is 18.7 Å². The zero-order valence-corrected chi connectivity index (χ0v) is 14.0. The predicted octanol–water partition coefficient (Wildman–Crippen LogP) is 2.25. The van der Waals surface area contributed by atoms with E-state index in [1.165, 1.54) is 6.07 Å². The number of ether oxygens (including phenoxy) is 2. The van der Waals surface area contributed by atoms with Gasteiger partial charge in [0.15, 0.2) is 11.2 Å². The van der Waals surface area contributed by atoms with Crippen LogP contribution >= 0.6 is 0 Å². The monoisotopic (exact) mass is 343 g/mol. The molecule has 4 rings (SSSR count). The second-order valence-electron chi connectivity index (χ2n) is 6.78. The van der Waals surface area contributed by atoms with Gasteiger partial charge in [-0.1, -0.05) is 12.1 Å². The van der Waals surface area contributed by atoms with Gasteiger partial charge in [0.25, 0.3) is 5.91 Å². The van der Waals surface area contributed by atoms with Crippen LogP contribution < -0.4 is 10.7 Å². The zero-order chi connectivity index (χ0) is 17.3. The number of para-hydroxylation sites is 1. The van der Waals surface area contributed by atoms with Crippen LogP contribution in [-0.4, -0.2) is 37.4 Å². The van der Waals surface area contributed by atoms with Crippen molar-refractivity contribution in [3.8, 4) is 0 Å². The largest absolute Gasteiger partial charge is 0.451 e. The van der Waals surface area contributed by atoms with E-state index < -0.39 is 0 Å². The highest BCUT2D eigenvalue weighted by molar-refractivity contribution is 5.93. The molecule has 1 atom stereocenters. The Morgan fingerprint density at radius 3 is 2.80 bits per heavy atom. The van der Waals surface area contributed by atoms with Gasteiger partial charge in [0.2, 0.25) is 0 Å². The first kappa shape index (κ1) is 16.3. The number of hydrogen-bond donors (Lipinski definition) is 1. The first-order valence-corrected chi connectivity index (χ1v) is 8.71. The molecule has 1 spiro atoms. The van der Waals surface area contributed by atoms with E-state index in [-0.39, 0.29) is 28.7 Å². The summed E-state index contributed by atoms with van der Waals surface area (Å²) in [6.45, 7) is 2.01. The molecule has 2 fully saturated rings. The smallest absolute Gasteiger partial charge is 0.287 e. The van der Waals surface area contributed by atoms with Crippen molar-refractivity contribution >= 4 is 16.9 Å². The fourth-order valence-corrected chi connectivity index (χ4v) is 3.72. The van der Waals surface area contributed by atoms with Gasteiger partial charge in [-0.25, -0.2) is 0 Å². The van der Waals surface area contributed by atoms with Crippen molar-refractivity contribution in [1.29, 1.82) is 0 Å². The maximum atomic E-state index is 12.6. The molecule has 2 aromatic rings. The second kappa shape index (κ2) is 6.61. The molecule has 2 saturated heterocycles. The molecule has 25 heavy (non-hydrogen) atoms. The van der Waals surface area contributed by atoms with Gasteiger partial charge in [0.1, 0.15) is 5.58 Å². The van der Waals surface area contributed by atoms with E-state index in [0.717, 1.165) is 25.7 Å². The van der Waals surface area contributed by atoms with E-state index in [4.69, 9.17) is 13.9 Å². The van der Waals surface area contributed by atoms with Gasteiger partial charge in [-0.3, -0.25) is 9.59 Å². The summed E-state index contributed by atoms with van der Waals surface area (Å²) in [4.78, 5) is 24.7. The molecule has 2 aliphatic heterocycles. The summed E-state index contributed by atoms with van der Waals surface area (Å²) in [5.74, 6) is -0.298. The number of nitrogens with one attached hydrogen (secondary N) is 1. The molecule has 0 unspecified atom stereocenters. The highest BCUT2D eigenvalue weighted by Gasteiger charge is 2.39. The van der Waals surface area contributed by atoms with Crippen LogP contribution in [0, 0.1) is 0 Å². The Labute approximate surface area is 145 Å². The normalized spacial score (nSPS) is 22.8. The minimum atomic E-state index is -0.350. The molecule has 0 aliphatic carbocycles. The van der Waals surface area contributed by atoms with Gasteiger partial charge in [-0.05, 0) is 37.8 Å². The number of hydrogen-bond acceptors (Lipinski definition) is 5. The fraction of sp³-hybridized carbons (Fsp3) is 0.474.